The number of nitrogens with zero attached hydrogens (tertiary/aromatic N) is 5. The summed E-state index contributed by atoms with van der Waals surface area (Å²) in [4.78, 5) is 9.74. The third kappa shape index (κ3) is 5.42. The Morgan fingerprint density at radius 1 is 1.04 bits per heavy atom. The average Bonchev–Trinajstić information content (AvgIpc) is 3.14. The lowest BCUT2D eigenvalue weighted by molar-refractivity contribution is 0.0771. The molecule has 1 saturated carbocycles. The van der Waals surface area contributed by atoms with E-state index in [2.05, 4.69) is 32.1 Å². The lowest BCUT2D eigenvalue weighted by atomic mass is 9.90. The maximum absolute atomic E-state index is 4.37. The van der Waals surface area contributed by atoms with E-state index in [9.17, 15) is 0 Å². The Labute approximate surface area is 169 Å². The summed E-state index contributed by atoms with van der Waals surface area (Å²) in [6.07, 6.45) is 17.9. The molecule has 0 N–H and O–H groups in total. The van der Waals surface area contributed by atoms with E-state index in [0.717, 1.165) is 31.6 Å². The van der Waals surface area contributed by atoms with Gasteiger partial charge in [-0.25, -0.2) is 0 Å². The number of likely N-dealkylation sites (tertiary alicyclic amines) is 1. The lowest BCUT2D eigenvalue weighted by Gasteiger charge is -2.41. The maximum atomic E-state index is 4.37. The molecule has 1 aliphatic heterocycles. The van der Waals surface area contributed by atoms with Crippen LogP contribution in [0.1, 0.15) is 56.1 Å². The summed E-state index contributed by atoms with van der Waals surface area (Å²) in [5, 5.41) is 4.37. The number of piperidine rings is 1. The number of pyridine rings is 1. The zero-order valence-corrected chi connectivity index (χ0v) is 17.3. The summed E-state index contributed by atoms with van der Waals surface area (Å²) in [7, 11) is 2.00. The Bertz CT molecular complexity index is 707. The van der Waals surface area contributed by atoms with Gasteiger partial charge in [-0.3, -0.25) is 14.6 Å². The first-order chi connectivity index (χ1) is 13.8. The molecular formula is C23H35N5. The van der Waals surface area contributed by atoms with Gasteiger partial charge in [0.2, 0.25) is 0 Å². The third-order valence-electron chi connectivity index (χ3n) is 6.45. The van der Waals surface area contributed by atoms with Gasteiger partial charge < -0.3 is 4.90 Å². The molecule has 28 heavy (non-hydrogen) atoms. The normalized spacial score (nSPS) is 22.0. The highest BCUT2D eigenvalue weighted by Crippen LogP contribution is 2.28. The lowest BCUT2D eigenvalue weighted by Crippen LogP contribution is -2.46. The molecule has 2 aliphatic rings. The monoisotopic (exact) mass is 381 g/mol. The Hall–Kier alpha value is -1.72. The second-order valence-corrected chi connectivity index (χ2v) is 8.85. The molecule has 1 atom stereocenters. The summed E-state index contributed by atoms with van der Waals surface area (Å²) < 4.78 is 1.91. The largest absolute Gasteiger partial charge is 0.300 e. The van der Waals surface area contributed by atoms with E-state index in [-0.39, 0.29) is 0 Å². The van der Waals surface area contributed by atoms with Crippen molar-refractivity contribution in [2.75, 3.05) is 19.6 Å². The predicted octanol–water partition coefficient (Wildman–Crippen LogP) is 3.86. The maximum Gasteiger partial charge on any atom is 0.0534 e. The van der Waals surface area contributed by atoms with Crippen LogP contribution >= 0.6 is 0 Å². The van der Waals surface area contributed by atoms with Gasteiger partial charge in [-0.15, -0.1) is 0 Å². The fourth-order valence-corrected chi connectivity index (χ4v) is 5.14. The third-order valence-corrected chi connectivity index (χ3v) is 6.45. The highest BCUT2D eigenvalue weighted by Gasteiger charge is 2.28. The van der Waals surface area contributed by atoms with Gasteiger partial charge in [-0.1, -0.05) is 25.3 Å². The van der Waals surface area contributed by atoms with Gasteiger partial charge in [0.25, 0.3) is 0 Å². The summed E-state index contributed by atoms with van der Waals surface area (Å²) >= 11 is 0. The second kappa shape index (κ2) is 9.66. The van der Waals surface area contributed by atoms with Crippen molar-refractivity contribution in [3.63, 3.8) is 0 Å². The molecule has 2 aromatic rings. The minimum Gasteiger partial charge on any atom is -0.300 e. The molecule has 2 fully saturated rings. The number of aryl methyl sites for hydroxylation is 1. The van der Waals surface area contributed by atoms with E-state index in [1.807, 2.05) is 36.4 Å². The minimum atomic E-state index is 0.768. The summed E-state index contributed by atoms with van der Waals surface area (Å²) in [5.41, 5.74) is 2.60. The topological polar surface area (TPSA) is 37.2 Å². The Balaban J connectivity index is 1.40. The molecule has 1 saturated heterocycles. The molecular weight excluding hydrogens is 346 g/mol. The molecule has 0 unspecified atom stereocenters. The van der Waals surface area contributed by atoms with Crippen molar-refractivity contribution in [2.24, 2.45) is 13.0 Å². The van der Waals surface area contributed by atoms with E-state index in [1.54, 1.807) is 0 Å². The van der Waals surface area contributed by atoms with Crippen LogP contribution in [-0.4, -0.2) is 50.2 Å². The van der Waals surface area contributed by atoms with Gasteiger partial charge in [0.1, 0.15) is 0 Å². The minimum absolute atomic E-state index is 0.768. The molecule has 0 bridgehead atoms. The quantitative estimate of drug-likeness (QED) is 0.730. The highest BCUT2D eigenvalue weighted by molar-refractivity contribution is 5.10. The van der Waals surface area contributed by atoms with Crippen LogP contribution in [0.5, 0.6) is 0 Å². The predicted molar refractivity (Wildman–Crippen MR) is 113 cm³/mol. The van der Waals surface area contributed by atoms with E-state index in [4.69, 9.17) is 0 Å². The first kappa shape index (κ1) is 19.6. The number of hydrogen-bond donors (Lipinski definition) is 0. The van der Waals surface area contributed by atoms with Crippen LogP contribution in [0.3, 0.4) is 0 Å². The molecule has 152 valence electrons. The number of aromatic nitrogens is 3. The van der Waals surface area contributed by atoms with Gasteiger partial charge >= 0.3 is 0 Å². The second-order valence-electron chi connectivity index (χ2n) is 8.85. The fraction of sp³-hybridized carbons (Fsp3) is 0.652. The van der Waals surface area contributed by atoms with Gasteiger partial charge in [-0.05, 0) is 49.8 Å². The van der Waals surface area contributed by atoms with Gasteiger partial charge in [-0.2, -0.15) is 5.10 Å². The zero-order valence-electron chi connectivity index (χ0n) is 17.3. The van der Waals surface area contributed by atoms with E-state index >= 15 is 0 Å². The smallest absolute Gasteiger partial charge is 0.0534 e. The summed E-state index contributed by atoms with van der Waals surface area (Å²) in [6, 6.07) is 5.09. The average molecular weight is 382 g/mol. The molecule has 0 aromatic carbocycles. The molecule has 1 aliphatic carbocycles. The standard InChI is InChI=1S/C23H35N5/c1-26-15-22(14-25-26)18-27(16-20-7-5-11-24-13-20)17-21-8-6-12-28(19-21)23-9-3-2-4-10-23/h5,7,11,13-15,21,23H,2-4,6,8-10,12,16-19H2,1H3/t21-/m0/s1. The van der Waals surface area contributed by atoms with Crippen LogP contribution in [0.4, 0.5) is 0 Å². The molecule has 4 rings (SSSR count). The van der Waals surface area contributed by atoms with Crippen molar-refractivity contribution in [1.29, 1.82) is 0 Å². The molecule has 2 aromatic heterocycles. The summed E-state index contributed by atoms with van der Waals surface area (Å²) in [6.45, 7) is 5.67. The summed E-state index contributed by atoms with van der Waals surface area (Å²) in [5.74, 6) is 0.768. The molecule has 0 spiro atoms. The van der Waals surface area contributed by atoms with E-state index < -0.39 is 0 Å². The molecule has 5 heteroatoms. The Kier molecular flexibility index (Phi) is 6.76. The first-order valence-corrected chi connectivity index (χ1v) is 11.1. The van der Waals surface area contributed by atoms with Gasteiger partial charge in [0.15, 0.2) is 0 Å². The van der Waals surface area contributed by atoms with Crippen LogP contribution in [0, 0.1) is 5.92 Å². The van der Waals surface area contributed by atoms with Crippen molar-refractivity contribution in [2.45, 2.75) is 64.1 Å². The van der Waals surface area contributed by atoms with E-state index in [0.29, 0.717) is 0 Å². The van der Waals surface area contributed by atoms with Crippen LogP contribution in [0.25, 0.3) is 0 Å². The van der Waals surface area contributed by atoms with Crippen molar-refractivity contribution >= 4 is 0 Å². The van der Waals surface area contributed by atoms with Crippen molar-refractivity contribution in [3.8, 4) is 0 Å². The molecule has 0 radical (unpaired) electrons. The van der Waals surface area contributed by atoms with Crippen LogP contribution in [-0.2, 0) is 20.1 Å². The van der Waals surface area contributed by atoms with Crippen molar-refractivity contribution < 1.29 is 0 Å². The molecule has 0 amide bonds. The Morgan fingerprint density at radius 2 is 1.89 bits per heavy atom. The van der Waals surface area contributed by atoms with Crippen LogP contribution in [0.2, 0.25) is 0 Å². The zero-order chi connectivity index (χ0) is 19.2. The Morgan fingerprint density at radius 3 is 2.64 bits per heavy atom. The fourth-order valence-electron chi connectivity index (χ4n) is 5.14. The highest BCUT2D eigenvalue weighted by atomic mass is 15.2. The van der Waals surface area contributed by atoms with Crippen molar-refractivity contribution in [3.05, 3.63) is 48.0 Å². The van der Waals surface area contributed by atoms with Crippen LogP contribution in [0.15, 0.2) is 36.9 Å². The van der Waals surface area contributed by atoms with Gasteiger partial charge in [0.05, 0.1) is 6.20 Å². The van der Waals surface area contributed by atoms with Crippen molar-refractivity contribution in [1.82, 2.24) is 24.6 Å². The first-order valence-electron chi connectivity index (χ1n) is 11.1. The van der Waals surface area contributed by atoms with Crippen LogP contribution < -0.4 is 0 Å². The van der Waals surface area contributed by atoms with Gasteiger partial charge in [0, 0.05) is 63.4 Å². The molecule has 3 heterocycles. The number of rotatable bonds is 7. The number of hydrogen-bond acceptors (Lipinski definition) is 4. The molecule has 5 nitrogen and oxygen atoms in total. The SMILES string of the molecule is Cn1cc(CN(Cc2cccnc2)C[C@@H]2CCCN(C3CCCCC3)C2)cn1. The van der Waals surface area contributed by atoms with E-state index in [1.165, 1.54) is 69.2 Å².